The van der Waals surface area contributed by atoms with Gasteiger partial charge in [0.25, 0.3) is 5.91 Å². The number of urea groups is 1. The molecule has 1 fully saturated rings. The Morgan fingerprint density at radius 2 is 2.32 bits per heavy atom. The van der Waals surface area contributed by atoms with Crippen LogP contribution in [-0.4, -0.2) is 47.3 Å². The number of amides is 4. The first kappa shape index (κ1) is 13.5. The molecule has 2 heterocycles. The van der Waals surface area contributed by atoms with Gasteiger partial charge in [-0.15, -0.1) is 11.3 Å². The second kappa shape index (κ2) is 5.83. The maximum absolute atomic E-state index is 12.1. The zero-order valence-electron chi connectivity index (χ0n) is 10.6. The molecule has 0 radical (unpaired) electrons. The molecule has 1 aromatic rings. The van der Waals surface area contributed by atoms with E-state index in [1.54, 1.807) is 16.2 Å². The second-order valence-corrected chi connectivity index (χ2v) is 5.16. The molecule has 0 spiro atoms. The van der Waals surface area contributed by atoms with E-state index in [9.17, 15) is 14.4 Å². The number of carbonyl (C=O) groups is 3. The van der Waals surface area contributed by atoms with Gasteiger partial charge in [-0.1, -0.05) is 6.07 Å². The summed E-state index contributed by atoms with van der Waals surface area (Å²) in [7, 11) is 0. The van der Waals surface area contributed by atoms with Crippen molar-refractivity contribution in [2.45, 2.75) is 13.5 Å². The van der Waals surface area contributed by atoms with E-state index in [4.69, 9.17) is 0 Å². The molecule has 2 rings (SSSR count). The molecule has 0 saturated carbocycles. The van der Waals surface area contributed by atoms with Crippen LogP contribution in [0, 0.1) is 0 Å². The van der Waals surface area contributed by atoms with Crippen molar-refractivity contribution in [2.24, 2.45) is 0 Å². The Kier molecular flexibility index (Phi) is 4.16. The molecule has 0 aliphatic carbocycles. The molecular weight excluding hydrogens is 266 g/mol. The maximum Gasteiger partial charge on any atom is 0.325 e. The second-order valence-electron chi connectivity index (χ2n) is 4.13. The molecule has 1 aliphatic rings. The van der Waals surface area contributed by atoms with Gasteiger partial charge >= 0.3 is 6.03 Å². The van der Waals surface area contributed by atoms with Crippen LogP contribution in [0.25, 0.3) is 0 Å². The first-order valence-corrected chi connectivity index (χ1v) is 6.88. The van der Waals surface area contributed by atoms with Gasteiger partial charge in [0.2, 0.25) is 5.91 Å². The summed E-state index contributed by atoms with van der Waals surface area (Å²) in [6, 6.07) is 3.38. The Hall–Kier alpha value is -1.89. The minimum Gasteiger partial charge on any atom is -0.336 e. The minimum absolute atomic E-state index is 0.0246. The van der Waals surface area contributed by atoms with Crippen molar-refractivity contribution in [3.8, 4) is 0 Å². The number of thiophene rings is 1. The lowest BCUT2D eigenvalue weighted by Crippen LogP contribution is -2.42. The zero-order valence-corrected chi connectivity index (χ0v) is 11.4. The van der Waals surface area contributed by atoms with Crippen LogP contribution in [0.2, 0.25) is 0 Å². The number of hydrogen-bond donors (Lipinski definition) is 1. The third-order valence-corrected chi connectivity index (χ3v) is 3.75. The van der Waals surface area contributed by atoms with E-state index in [1.165, 1.54) is 0 Å². The maximum atomic E-state index is 12.1. The molecule has 0 bridgehead atoms. The van der Waals surface area contributed by atoms with E-state index in [-0.39, 0.29) is 24.9 Å². The van der Waals surface area contributed by atoms with Gasteiger partial charge in [-0.05, 0) is 18.4 Å². The van der Waals surface area contributed by atoms with Crippen LogP contribution in [0.5, 0.6) is 0 Å². The van der Waals surface area contributed by atoms with Crippen LogP contribution in [0.1, 0.15) is 11.8 Å². The zero-order chi connectivity index (χ0) is 13.8. The monoisotopic (exact) mass is 281 g/mol. The first-order valence-electron chi connectivity index (χ1n) is 6.00. The molecule has 0 atom stereocenters. The number of rotatable bonds is 5. The van der Waals surface area contributed by atoms with Crippen molar-refractivity contribution in [3.05, 3.63) is 22.4 Å². The highest BCUT2D eigenvalue weighted by molar-refractivity contribution is 7.09. The number of hydrogen-bond acceptors (Lipinski definition) is 4. The van der Waals surface area contributed by atoms with E-state index in [1.807, 2.05) is 24.4 Å². The average Bonchev–Trinajstić information content (AvgIpc) is 3.00. The molecule has 0 unspecified atom stereocenters. The largest absolute Gasteiger partial charge is 0.336 e. The summed E-state index contributed by atoms with van der Waals surface area (Å²) >= 11 is 1.57. The Balaban J connectivity index is 1.97. The fraction of sp³-hybridized carbons (Fsp3) is 0.417. The van der Waals surface area contributed by atoms with Crippen LogP contribution < -0.4 is 5.32 Å². The smallest absolute Gasteiger partial charge is 0.325 e. The summed E-state index contributed by atoms with van der Waals surface area (Å²) in [6.07, 6.45) is 0. The number of imide groups is 1. The quantitative estimate of drug-likeness (QED) is 0.806. The van der Waals surface area contributed by atoms with Crippen LogP contribution in [0.15, 0.2) is 17.5 Å². The van der Waals surface area contributed by atoms with Crippen molar-refractivity contribution in [1.82, 2.24) is 15.1 Å². The van der Waals surface area contributed by atoms with Crippen molar-refractivity contribution in [2.75, 3.05) is 19.6 Å². The van der Waals surface area contributed by atoms with Crippen molar-refractivity contribution >= 4 is 29.2 Å². The number of nitrogens with one attached hydrogen (secondary N) is 1. The van der Waals surface area contributed by atoms with E-state index < -0.39 is 6.03 Å². The van der Waals surface area contributed by atoms with Gasteiger partial charge in [-0.25, -0.2) is 4.79 Å². The molecule has 1 aromatic heterocycles. The molecule has 19 heavy (non-hydrogen) atoms. The van der Waals surface area contributed by atoms with Gasteiger partial charge in [0.05, 0.1) is 13.1 Å². The van der Waals surface area contributed by atoms with Gasteiger partial charge in [0, 0.05) is 11.4 Å². The lowest BCUT2D eigenvalue weighted by atomic mass is 10.3. The molecular formula is C12H15N3O3S. The molecule has 6 nitrogen and oxygen atoms in total. The summed E-state index contributed by atoms with van der Waals surface area (Å²) in [5, 5.41) is 4.35. The third kappa shape index (κ3) is 3.11. The number of likely N-dealkylation sites (N-methyl/N-ethyl adjacent to an activating group) is 1. The highest BCUT2D eigenvalue weighted by Crippen LogP contribution is 2.12. The Bertz CT molecular complexity index is 470. The summed E-state index contributed by atoms with van der Waals surface area (Å²) in [4.78, 5) is 38.6. The topological polar surface area (TPSA) is 69.7 Å². The molecule has 102 valence electrons. The highest BCUT2D eigenvalue weighted by atomic mass is 32.1. The van der Waals surface area contributed by atoms with E-state index >= 15 is 0 Å². The average molecular weight is 281 g/mol. The van der Waals surface area contributed by atoms with Crippen molar-refractivity contribution in [1.29, 1.82) is 0 Å². The SMILES string of the molecule is CCN(Cc1cccs1)C(=O)CN1C(=O)CNC1=O. The van der Waals surface area contributed by atoms with Gasteiger partial charge in [0.1, 0.15) is 6.54 Å². The molecule has 1 N–H and O–H groups in total. The van der Waals surface area contributed by atoms with Crippen LogP contribution >= 0.6 is 11.3 Å². The lowest BCUT2D eigenvalue weighted by Gasteiger charge is -2.22. The first-order chi connectivity index (χ1) is 9.11. The summed E-state index contributed by atoms with van der Waals surface area (Å²) in [6.45, 7) is 2.71. The highest BCUT2D eigenvalue weighted by Gasteiger charge is 2.31. The fourth-order valence-electron chi connectivity index (χ4n) is 1.82. The Morgan fingerprint density at radius 3 is 2.84 bits per heavy atom. The van der Waals surface area contributed by atoms with Crippen molar-refractivity contribution in [3.63, 3.8) is 0 Å². The van der Waals surface area contributed by atoms with Gasteiger partial charge < -0.3 is 10.2 Å². The van der Waals surface area contributed by atoms with Crippen LogP contribution in [0.3, 0.4) is 0 Å². The van der Waals surface area contributed by atoms with E-state index in [2.05, 4.69) is 5.32 Å². The summed E-state index contributed by atoms with van der Waals surface area (Å²) in [5.74, 6) is -0.577. The van der Waals surface area contributed by atoms with Crippen LogP contribution in [0.4, 0.5) is 4.79 Å². The standard InChI is InChI=1S/C12H15N3O3S/c1-2-14(7-9-4-3-5-19-9)11(17)8-15-10(16)6-13-12(15)18/h3-5H,2,6-8H2,1H3,(H,13,18). The van der Waals surface area contributed by atoms with Crippen molar-refractivity contribution < 1.29 is 14.4 Å². The van der Waals surface area contributed by atoms with Crippen LogP contribution in [-0.2, 0) is 16.1 Å². The van der Waals surface area contributed by atoms with Gasteiger partial charge in [-0.3, -0.25) is 14.5 Å². The predicted octanol–water partition coefficient (Wildman–Crippen LogP) is 0.648. The number of nitrogens with zero attached hydrogens (tertiary/aromatic N) is 2. The van der Waals surface area contributed by atoms with E-state index in [0.717, 1.165) is 9.78 Å². The normalized spacial score (nSPS) is 14.7. The number of carbonyl (C=O) groups excluding carboxylic acids is 3. The molecule has 0 aromatic carbocycles. The van der Waals surface area contributed by atoms with E-state index in [0.29, 0.717) is 13.1 Å². The summed E-state index contributed by atoms with van der Waals surface area (Å²) in [5.41, 5.74) is 0. The fourth-order valence-corrected chi connectivity index (χ4v) is 2.54. The molecule has 7 heteroatoms. The van der Waals surface area contributed by atoms with Gasteiger partial charge in [0.15, 0.2) is 0 Å². The Morgan fingerprint density at radius 1 is 1.53 bits per heavy atom. The molecule has 1 aliphatic heterocycles. The minimum atomic E-state index is -0.495. The lowest BCUT2D eigenvalue weighted by molar-refractivity contribution is -0.136. The van der Waals surface area contributed by atoms with Gasteiger partial charge in [-0.2, -0.15) is 0 Å². The molecule has 1 saturated heterocycles. The Labute approximate surface area is 115 Å². The summed E-state index contributed by atoms with van der Waals surface area (Å²) < 4.78 is 0. The predicted molar refractivity (Wildman–Crippen MR) is 70.5 cm³/mol. The third-order valence-electron chi connectivity index (χ3n) is 2.89. The molecule has 4 amide bonds.